The Morgan fingerprint density at radius 3 is 2.59 bits per heavy atom. The molecule has 1 spiro atoms. The number of hydrogen-bond acceptors (Lipinski definition) is 4. The molecule has 34 heavy (non-hydrogen) atoms. The number of nitrogens with zero attached hydrogens (tertiary/aromatic N) is 5. The molecule has 1 amide bonds. The highest BCUT2D eigenvalue weighted by atomic mass is 16.2. The highest BCUT2D eigenvalue weighted by molar-refractivity contribution is 5.93. The fraction of sp³-hybridized carbons (Fsp3) is 0.500. The molecular weight excluding hydrogens is 422 g/mol. The first-order valence-electron chi connectivity index (χ1n) is 13.0. The summed E-state index contributed by atoms with van der Waals surface area (Å²) in [5, 5.41) is 5.11. The molecule has 2 aliphatic carbocycles. The maximum atomic E-state index is 13.8. The van der Waals surface area contributed by atoms with Crippen molar-refractivity contribution in [3.8, 4) is 11.4 Å². The molecule has 6 heteroatoms. The maximum Gasteiger partial charge on any atom is 0.231 e. The summed E-state index contributed by atoms with van der Waals surface area (Å²) in [5.74, 6) is 2.09. The van der Waals surface area contributed by atoms with Gasteiger partial charge in [0.15, 0.2) is 5.82 Å². The van der Waals surface area contributed by atoms with Crippen molar-refractivity contribution in [1.29, 1.82) is 0 Å². The number of pyridine rings is 1. The van der Waals surface area contributed by atoms with E-state index in [0.29, 0.717) is 18.2 Å². The van der Waals surface area contributed by atoms with E-state index in [4.69, 9.17) is 10.1 Å². The second kappa shape index (κ2) is 8.97. The molecule has 2 fully saturated rings. The lowest BCUT2D eigenvalue weighted by atomic mass is 9.64. The van der Waals surface area contributed by atoms with Gasteiger partial charge in [-0.05, 0) is 49.8 Å². The Hall–Kier alpha value is -3.02. The van der Waals surface area contributed by atoms with Crippen LogP contribution in [0.2, 0.25) is 0 Å². The van der Waals surface area contributed by atoms with Crippen molar-refractivity contribution in [2.45, 2.75) is 82.2 Å². The molecule has 6 nitrogen and oxygen atoms in total. The van der Waals surface area contributed by atoms with Crippen LogP contribution in [0.5, 0.6) is 0 Å². The van der Waals surface area contributed by atoms with Gasteiger partial charge < -0.3 is 0 Å². The van der Waals surface area contributed by atoms with Crippen LogP contribution in [-0.4, -0.2) is 31.7 Å². The summed E-state index contributed by atoms with van der Waals surface area (Å²) in [6, 6.07) is 14.5. The van der Waals surface area contributed by atoms with Crippen molar-refractivity contribution < 1.29 is 4.79 Å². The van der Waals surface area contributed by atoms with E-state index in [0.717, 1.165) is 37.2 Å². The lowest BCUT2D eigenvalue weighted by Gasteiger charge is -2.55. The first-order valence-corrected chi connectivity index (χ1v) is 13.0. The number of aromatic nitrogens is 4. The minimum Gasteiger partial charge on any atom is -0.277 e. The van der Waals surface area contributed by atoms with Crippen LogP contribution < -0.4 is 4.90 Å². The van der Waals surface area contributed by atoms with E-state index in [2.05, 4.69) is 26.7 Å². The van der Waals surface area contributed by atoms with Gasteiger partial charge in [0.25, 0.3) is 0 Å². The average molecular weight is 456 g/mol. The van der Waals surface area contributed by atoms with Crippen LogP contribution in [0.25, 0.3) is 11.4 Å². The van der Waals surface area contributed by atoms with Crippen LogP contribution in [0.15, 0.2) is 54.9 Å². The predicted molar refractivity (Wildman–Crippen MR) is 132 cm³/mol. The zero-order valence-electron chi connectivity index (χ0n) is 19.8. The van der Waals surface area contributed by atoms with E-state index >= 15 is 0 Å². The Kier molecular flexibility index (Phi) is 5.67. The molecular formula is C28H33N5O. The van der Waals surface area contributed by atoms with Crippen molar-refractivity contribution in [3.63, 3.8) is 0 Å². The zero-order valence-corrected chi connectivity index (χ0v) is 19.8. The van der Waals surface area contributed by atoms with E-state index in [-0.39, 0.29) is 17.5 Å². The number of carbonyl (C=O) groups is 1. The molecule has 0 saturated heterocycles. The Labute approximate surface area is 201 Å². The monoisotopic (exact) mass is 455 g/mol. The van der Waals surface area contributed by atoms with E-state index in [1.807, 2.05) is 36.5 Å². The molecule has 3 aromatic rings. The van der Waals surface area contributed by atoms with Crippen LogP contribution >= 0.6 is 0 Å². The largest absolute Gasteiger partial charge is 0.277 e. The van der Waals surface area contributed by atoms with Crippen molar-refractivity contribution in [2.24, 2.45) is 5.92 Å². The summed E-state index contributed by atoms with van der Waals surface area (Å²) in [4.78, 5) is 25.2. The second-order valence-electron chi connectivity index (χ2n) is 10.3. The third-order valence-electron chi connectivity index (χ3n) is 8.36. The van der Waals surface area contributed by atoms with E-state index in [1.165, 1.54) is 44.1 Å². The number of carbonyl (C=O) groups excluding carboxylic acids is 1. The summed E-state index contributed by atoms with van der Waals surface area (Å²) in [6.45, 7) is 0. The summed E-state index contributed by atoms with van der Waals surface area (Å²) in [6.07, 6.45) is 15.5. The van der Waals surface area contributed by atoms with Crippen LogP contribution in [0.3, 0.4) is 0 Å². The molecule has 2 aromatic heterocycles. The standard InChI is InChI=1S/C28H33N5O/c34-25(16-15-21-10-3-1-4-11-21)32-24-14-6-5-13-23(24)28(17-7-2-8-18-28)33-27(32)30-26(31-33)22-12-9-19-29-20-22/h1,3-4,9-12,19-20,23-24H,2,5-8,13-18H2/t23-,24+/m1/s1. The Morgan fingerprint density at radius 2 is 1.79 bits per heavy atom. The van der Waals surface area contributed by atoms with Crippen molar-refractivity contribution in [1.82, 2.24) is 19.7 Å². The molecule has 3 aliphatic rings. The number of rotatable bonds is 4. The number of benzene rings is 1. The minimum absolute atomic E-state index is 0.0116. The topological polar surface area (TPSA) is 63.9 Å². The van der Waals surface area contributed by atoms with Gasteiger partial charge in [-0.3, -0.25) is 14.7 Å². The highest BCUT2D eigenvalue weighted by Crippen LogP contribution is 2.53. The first-order chi connectivity index (χ1) is 16.8. The smallest absolute Gasteiger partial charge is 0.231 e. The summed E-state index contributed by atoms with van der Waals surface area (Å²) < 4.78 is 2.20. The minimum atomic E-state index is -0.0116. The molecule has 0 bridgehead atoms. The van der Waals surface area contributed by atoms with Crippen molar-refractivity contribution in [3.05, 3.63) is 60.4 Å². The number of amides is 1. The van der Waals surface area contributed by atoms with E-state index in [9.17, 15) is 4.79 Å². The molecule has 0 N–H and O–H groups in total. The molecule has 0 unspecified atom stereocenters. The third kappa shape index (κ3) is 3.64. The SMILES string of the molecule is O=C(CCc1ccccc1)N1c2nc(-c3cccnc3)nn2C2(CCCCC2)[C@@H]2CCCC[C@@H]21. The van der Waals surface area contributed by atoms with Crippen molar-refractivity contribution in [2.75, 3.05) is 4.90 Å². The molecule has 176 valence electrons. The first kappa shape index (κ1) is 21.5. The Bertz CT molecular complexity index is 1140. The lowest BCUT2D eigenvalue weighted by Crippen LogP contribution is -2.61. The Morgan fingerprint density at radius 1 is 0.971 bits per heavy atom. The summed E-state index contributed by atoms with van der Waals surface area (Å²) >= 11 is 0. The fourth-order valence-corrected chi connectivity index (χ4v) is 6.79. The summed E-state index contributed by atoms with van der Waals surface area (Å²) in [5.41, 5.74) is 2.10. The second-order valence-corrected chi connectivity index (χ2v) is 10.3. The molecule has 2 saturated carbocycles. The van der Waals surface area contributed by atoms with Crippen LogP contribution in [0.1, 0.15) is 69.8 Å². The molecule has 6 rings (SSSR count). The van der Waals surface area contributed by atoms with Crippen LogP contribution in [0.4, 0.5) is 5.95 Å². The van der Waals surface area contributed by atoms with Crippen molar-refractivity contribution >= 4 is 11.9 Å². The number of fused-ring (bicyclic) bond motifs is 4. The molecule has 1 aromatic carbocycles. The molecule has 3 heterocycles. The van der Waals surface area contributed by atoms with Gasteiger partial charge in [0.2, 0.25) is 11.9 Å². The van der Waals surface area contributed by atoms with Gasteiger partial charge in [-0.25, -0.2) is 4.68 Å². The number of hydrogen-bond donors (Lipinski definition) is 0. The maximum absolute atomic E-state index is 13.8. The van der Waals surface area contributed by atoms with Crippen LogP contribution in [0, 0.1) is 5.92 Å². The zero-order chi connectivity index (χ0) is 23.0. The number of anilines is 1. The average Bonchev–Trinajstić information content (AvgIpc) is 3.35. The molecule has 2 atom stereocenters. The normalized spacial score (nSPS) is 23.4. The lowest BCUT2D eigenvalue weighted by molar-refractivity contribution is -0.120. The molecule has 0 radical (unpaired) electrons. The van der Waals surface area contributed by atoms with E-state index in [1.54, 1.807) is 6.20 Å². The van der Waals surface area contributed by atoms with Gasteiger partial charge in [-0.2, -0.15) is 4.98 Å². The quantitative estimate of drug-likeness (QED) is 0.518. The third-order valence-corrected chi connectivity index (χ3v) is 8.36. The highest BCUT2D eigenvalue weighted by Gasteiger charge is 2.55. The predicted octanol–water partition coefficient (Wildman–Crippen LogP) is 5.54. The van der Waals surface area contributed by atoms with E-state index < -0.39 is 0 Å². The van der Waals surface area contributed by atoms with Gasteiger partial charge in [0, 0.05) is 36.3 Å². The van der Waals surface area contributed by atoms with Gasteiger partial charge >= 0.3 is 0 Å². The fourth-order valence-electron chi connectivity index (χ4n) is 6.79. The Balaban J connectivity index is 1.43. The molecule has 1 aliphatic heterocycles. The van der Waals surface area contributed by atoms with Gasteiger partial charge in [-0.15, -0.1) is 5.10 Å². The summed E-state index contributed by atoms with van der Waals surface area (Å²) in [7, 11) is 0. The number of aryl methyl sites for hydroxylation is 1. The van der Waals surface area contributed by atoms with Gasteiger partial charge in [0.1, 0.15) is 0 Å². The van der Waals surface area contributed by atoms with Gasteiger partial charge in [0.05, 0.1) is 5.54 Å². The van der Waals surface area contributed by atoms with Crippen LogP contribution in [-0.2, 0) is 16.8 Å². The van der Waals surface area contributed by atoms with Gasteiger partial charge in [-0.1, -0.05) is 62.4 Å².